The average Bonchev–Trinajstić information content (AvgIpc) is 2.64. The zero-order valence-electron chi connectivity index (χ0n) is 14.7. The molecule has 0 aliphatic heterocycles. The van der Waals surface area contributed by atoms with Crippen molar-refractivity contribution in [2.24, 2.45) is 5.73 Å². The highest BCUT2D eigenvalue weighted by Gasteiger charge is 2.01. The molecule has 0 fully saturated rings. The minimum Gasteiger partial charge on any atom is -0.508 e. The van der Waals surface area contributed by atoms with Crippen LogP contribution in [0.3, 0.4) is 0 Å². The summed E-state index contributed by atoms with van der Waals surface area (Å²) in [7, 11) is 0. The number of nitrogens with two attached hydrogens (primary N) is 1. The molecule has 1 heterocycles. The maximum atomic E-state index is 9.16. The van der Waals surface area contributed by atoms with Gasteiger partial charge in [-0.2, -0.15) is 0 Å². The Bertz CT molecular complexity index is 838. The number of nitrogens with zero attached hydrogens (tertiary/aromatic N) is 2. The lowest BCUT2D eigenvalue weighted by Gasteiger charge is -2.03. The number of aromatic nitrogens is 2. The summed E-state index contributed by atoms with van der Waals surface area (Å²) in [5, 5.41) is 25.0. The van der Waals surface area contributed by atoms with E-state index in [4.69, 9.17) is 26.1 Å². The lowest BCUT2D eigenvalue weighted by molar-refractivity contribution is 0.337. The molecule has 0 aliphatic rings. The van der Waals surface area contributed by atoms with Gasteiger partial charge >= 0.3 is 0 Å². The van der Waals surface area contributed by atoms with Crippen LogP contribution < -0.4 is 10.5 Å². The van der Waals surface area contributed by atoms with E-state index in [1.807, 2.05) is 6.92 Å². The van der Waals surface area contributed by atoms with Crippen molar-refractivity contribution in [1.82, 2.24) is 9.97 Å². The normalized spacial score (nSPS) is 9.37. The zero-order valence-corrected chi connectivity index (χ0v) is 15.5. The summed E-state index contributed by atoms with van der Waals surface area (Å²) in [4.78, 5) is 8.36. The Morgan fingerprint density at radius 2 is 1.44 bits per heavy atom. The summed E-state index contributed by atoms with van der Waals surface area (Å²) in [5.41, 5.74) is 6.65. The SMILES string of the molecule is CCOc1cnc(-c2ccc(O)cc2)nc1.Cl.N=C(N)c1ccc(O)cc1. The van der Waals surface area contributed by atoms with Crippen LogP contribution in [0, 0.1) is 5.41 Å². The van der Waals surface area contributed by atoms with Crippen LogP contribution in [-0.4, -0.2) is 32.6 Å². The maximum absolute atomic E-state index is 9.16. The minimum absolute atomic E-state index is 0. The van der Waals surface area contributed by atoms with E-state index in [0.29, 0.717) is 23.7 Å². The molecule has 0 saturated carbocycles. The Hall–Kier alpha value is -3.32. The number of benzene rings is 2. The molecule has 3 rings (SSSR count). The smallest absolute Gasteiger partial charge is 0.159 e. The molecule has 0 radical (unpaired) electrons. The highest BCUT2D eigenvalue weighted by atomic mass is 35.5. The van der Waals surface area contributed by atoms with Gasteiger partial charge in [0.05, 0.1) is 19.0 Å². The Labute approximate surface area is 163 Å². The Morgan fingerprint density at radius 1 is 0.963 bits per heavy atom. The summed E-state index contributed by atoms with van der Waals surface area (Å²) in [6, 6.07) is 12.9. The molecule has 0 atom stereocenters. The fraction of sp³-hybridized carbons (Fsp3) is 0.105. The Morgan fingerprint density at radius 3 is 1.89 bits per heavy atom. The van der Waals surface area contributed by atoms with Crippen LogP contribution in [0.1, 0.15) is 12.5 Å². The molecule has 7 nitrogen and oxygen atoms in total. The molecule has 5 N–H and O–H groups in total. The summed E-state index contributed by atoms with van der Waals surface area (Å²) in [5.74, 6) is 1.70. The first kappa shape index (κ1) is 21.7. The fourth-order valence-electron chi connectivity index (χ4n) is 1.96. The zero-order chi connectivity index (χ0) is 18.9. The first-order valence-electron chi connectivity index (χ1n) is 7.87. The second kappa shape index (κ2) is 10.6. The number of nitrogen functional groups attached to an aromatic ring is 1. The molecule has 2 aromatic carbocycles. The molecule has 1 aromatic heterocycles. The van der Waals surface area contributed by atoms with E-state index in [9.17, 15) is 0 Å². The van der Waals surface area contributed by atoms with Crippen LogP contribution in [0.25, 0.3) is 11.4 Å². The van der Waals surface area contributed by atoms with Gasteiger partial charge in [0.1, 0.15) is 17.3 Å². The number of ether oxygens (including phenoxy) is 1. The topological polar surface area (TPSA) is 125 Å². The molecule has 0 bridgehead atoms. The van der Waals surface area contributed by atoms with Gasteiger partial charge in [-0.05, 0) is 55.5 Å². The predicted molar refractivity (Wildman–Crippen MR) is 107 cm³/mol. The Kier molecular flexibility index (Phi) is 8.55. The van der Waals surface area contributed by atoms with E-state index in [1.54, 1.807) is 48.8 Å². The maximum Gasteiger partial charge on any atom is 0.159 e. The molecule has 0 unspecified atom stereocenters. The van der Waals surface area contributed by atoms with Crippen molar-refractivity contribution in [2.75, 3.05) is 6.61 Å². The van der Waals surface area contributed by atoms with E-state index in [2.05, 4.69) is 9.97 Å². The van der Waals surface area contributed by atoms with Gasteiger partial charge in [-0.1, -0.05) is 0 Å². The number of amidine groups is 1. The van der Waals surface area contributed by atoms with Crippen molar-refractivity contribution in [3.05, 3.63) is 66.5 Å². The monoisotopic (exact) mass is 388 g/mol. The molecule has 3 aromatic rings. The van der Waals surface area contributed by atoms with E-state index in [0.717, 1.165) is 5.56 Å². The van der Waals surface area contributed by atoms with Crippen LogP contribution in [0.2, 0.25) is 0 Å². The number of nitrogens with one attached hydrogen (secondary N) is 1. The number of hydrogen-bond acceptors (Lipinski definition) is 6. The molecule has 8 heteroatoms. The van der Waals surface area contributed by atoms with Crippen LogP contribution >= 0.6 is 12.4 Å². The molecule has 142 valence electrons. The van der Waals surface area contributed by atoms with Crippen molar-refractivity contribution in [3.8, 4) is 28.6 Å². The minimum atomic E-state index is 0. The molecule has 0 aliphatic carbocycles. The highest BCUT2D eigenvalue weighted by molar-refractivity contribution is 5.94. The number of phenolic OH excluding ortho intramolecular Hbond substituents is 2. The second-order valence-electron chi connectivity index (χ2n) is 5.18. The quantitative estimate of drug-likeness (QED) is 0.401. The molecular weight excluding hydrogens is 368 g/mol. The van der Waals surface area contributed by atoms with Crippen LogP contribution in [-0.2, 0) is 0 Å². The summed E-state index contributed by atoms with van der Waals surface area (Å²) in [6.45, 7) is 2.51. The predicted octanol–water partition coefficient (Wildman–Crippen LogP) is 3.35. The Balaban J connectivity index is 0.000000288. The second-order valence-corrected chi connectivity index (χ2v) is 5.18. The third-order valence-corrected chi connectivity index (χ3v) is 3.24. The summed E-state index contributed by atoms with van der Waals surface area (Å²) >= 11 is 0. The molecule has 0 spiro atoms. The van der Waals surface area contributed by atoms with Gasteiger partial charge in [-0.3, -0.25) is 5.41 Å². The summed E-state index contributed by atoms with van der Waals surface area (Å²) < 4.78 is 5.25. The van der Waals surface area contributed by atoms with Crippen LogP contribution in [0.5, 0.6) is 17.2 Å². The largest absolute Gasteiger partial charge is 0.508 e. The van der Waals surface area contributed by atoms with Crippen LogP contribution in [0.15, 0.2) is 60.9 Å². The van der Waals surface area contributed by atoms with Crippen LogP contribution in [0.4, 0.5) is 0 Å². The standard InChI is InChI=1S/C12H12N2O2.C7H8N2O.ClH/c1-2-16-11-7-13-12(14-8-11)9-3-5-10(15)6-4-9;8-7(9)5-1-3-6(10)4-2-5;/h3-8,15H,2H2,1H3;1-4,10H,(H3,8,9);1H. The van der Waals surface area contributed by atoms with E-state index in [-0.39, 0.29) is 29.7 Å². The van der Waals surface area contributed by atoms with Gasteiger partial charge in [0.15, 0.2) is 11.6 Å². The van der Waals surface area contributed by atoms with Crippen molar-refractivity contribution >= 4 is 18.2 Å². The first-order chi connectivity index (χ1) is 12.5. The van der Waals surface area contributed by atoms with Gasteiger partial charge in [-0.15, -0.1) is 12.4 Å². The van der Waals surface area contributed by atoms with Crippen molar-refractivity contribution in [3.63, 3.8) is 0 Å². The number of aromatic hydroxyl groups is 2. The lowest BCUT2D eigenvalue weighted by Crippen LogP contribution is -2.10. The molecule has 0 amide bonds. The fourth-order valence-corrected chi connectivity index (χ4v) is 1.96. The molecule has 0 saturated heterocycles. The average molecular weight is 389 g/mol. The van der Waals surface area contributed by atoms with E-state index in [1.165, 1.54) is 12.1 Å². The van der Waals surface area contributed by atoms with E-state index < -0.39 is 0 Å². The first-order valence-corrected chi connectivity index (χ1v) is 7.87. The molecular formula is C19H21ClN4O3. The van der Waals surface area contributed by atoms with Gasteiger partial charge in [0.2, 0.25) is 0 Å². The number of phenols is 2. The van der Waals surface area contributed by atoms with Gasteiger partial charge in [0, 0.05) is 11.1 Å². The molecule has 27 heavy (non-hydrogen) atoms. The van der Waals surface area contributed by atoms with Gasteiger partial charge in [-0.25, -0.2) is 9.97 Å². The van der Waals surface area contributed by atoms with Gasteiger partial charge in [0.25, 0.3) is 0 Å². The third-order valence-electron chi connectivity index (χ3n) is 3.24. The highest BCUT2D eigenvalue weighted by Crippen LogP contribution is 2.19. The number of halogens is 1. The number of hydrogen-bond donors (Lipinski definition) is 4. The van der Waals surface area contributed by atoms with Gasteiger partial charge < -0.3 is 20.7 Å². The van der Waals surface area contributed by atoms with Crippen molar-refractivity contribution in [1.29, 1.82) is 5.41 Å². The van der Waals surface area contributed by atoms with E-state index >= 15 is 0 Å². The summed E-state index contributed by atoms with van der Waals surface area (Å²) in [6.07, 6.45) is 3.28. The van der Waals surface area contributed by atoms with Crippen molar-refractivity contribution < 1.29 is 14.9 Å². The third kappa shape index (κ3) is 6.83. The number of rotatable bonds is 4. The van der Waals surface area contributed by atoms with Crippen molar-refractivity contribution in [2.45, 2.75) is 6.92 Å². The lowest BCUT2D eigenvalue weighted by atomic mass is 10.2.